The number of benzene rings is 1. The van der Waals surface area contributed by atoms with Crippen molar-refractivity contribution in [3.63, 3.8) is 0 Å². The van der Waals surface area contributed by atoms with Crippen molar-refractivity contribution < 1.29 is 8.85 Å². The molecule has 0 atom stereocenters. The maximum absolute atomic E-state index is 6.34. The molecule has 0 radical (unpaired) electrons. The van der Waals surface area contributed by atoms with Crippen LogP contribution >= 0.6 is 58.0 Å². The van der Waals surface area contributed by atoms with E-state index in [4.69, 9.17) is 66.9 Å². The topological polar surface area (TPSA) is 18.5 Å². The van der Waals surface area contributed by atoms with E-state index in [2.05, 4.69) is 20.8 Å². The van der Waals surface area contributed by atoms with Crippen LogP contribution in [0.15, 0.2) is 0 Å². The molecule has 0 amide bonds. The van der Waals surface area contributed by atoms with E-state index in [9.17, 15) is 0 Å². The molecular weight excluding hydrogens is 490 g/mol. The van der Waals surface area contributed by atoms with E-state index in [1.165, 1.54) is 51.4 Å². The van der Waals surface area contributed by atoms with E-state index < -0.39 is 8.56 Å². The van der Waals surface area contributed by atoms with Crippen molar-refractivity contribution in [2.75, 3.05) is 6.61 Å². The van der Waals surface area contributed by atoms with Gasteiger partial charge in [0.05, 0.1) is 15.1 Å². The van der Waals surface area contributed by atoms with Crippen molar-refractivity contribution >= 4 is 66.6 Å². The molecule has 0 aliphatic heterocycles. The Kier molecular flexibility index (Phi) is 14.0. The van der Waals surface area contributed by atoms with Gasteiger partial charge in [0.1, 0.15) is 15.8 Å². The zero-order valence-corrected chi connectivity index (χ0v) is 22.5. The second-order valence-corrected chi connectivity index (χ2v) is 12.9. The first-order chi connectivity index (χ1) is 13.8. The Morgan fingerprint density at radius 1 is 0.586 bits per heavy atom. The monoisotopic (exact) mass is 520 g/mol. The highest BCUT2D eigenvalue weighted by Crippen LogP contribution is 2.49. The number of hydrogen-bond acceptors (Lipinski definition) is 2. The van der Waals surface area contributed by atoms with Gasteiger partial charge in [-0.3, -0.25) is 0 Å². The summed E-state index contributed by atoms with van der Waals surface area (Å²) in [5.74, 6) is 0.273. The number of halogens is 5. The number of unbranched alkanes of at least 4 members (excludes halogenated alkanes) is 8. The second kappa shape index (κ2) is 14.7. The third-order valence-corrected chi connectivity index (χ3v) is 10.9. The number of rotatable bonds is 15. The van der Waals surface area contributed by atoms with E-state index in [-0.39, 0.29) is 30.9 Å². The van der Waals surface area contributed by atoms with Crippen LogP contribution in [0.25, 0.3) is 0 Å². The van der Waals surface area contributed by atoms with Crippen LogP contribution in [0.1, 0.15) is 78.6 Å². The van der Waals surface area contributed by atoms with Gasteiger partial charge in [-0.05, 0) is 18.5 Å². The van der Waals surface area contributed by atoms with Crippen LogP contribution < -0.4 is 4.43 Å². The first kappa shape index (κ1) is 27.7. The molecule has 2 nitrogen and oxygen atoms in total. The first-order valence-electron chi connectivity index (χ1n) is 10.7. The molecule has 0 aliphatic carbocycles. The van der Waals surface area contributed by atoms with Crippen LogP contribution in [0.3, 0.4) is 0 Å². The normalized spacial score (nSPS) is 11.9. The van der Waals surface area contributed by atoms with Crippen LogP contribution in [0.5, 0.6) is 5.75 Å². The van der Waals surface area contributed by atoms with Gasteiger partial charge in [-0.2, -0.15) is 0 Å². The van der Waals surface area contributed by atoms with Crippen LogP contribution in [0.2, 0.25) is 37.2 Å². The lowest BCUT2D eigenvalue weighted by Crippen LogP contribution is -2.44. The fraction of sp³-hybridized carbons (Fsp3) is 0.714. The standard InChI is InChI=1S/C21H33Cl5O2Si/c1-4-7-8-9-10-11-12-13-14-15-27-29(5-2,6-3)28-21-19(25)17(23)16(22)18(24)20(21)26/h4-15H2,1-3H3. The van der Waals surface area contributed by atoms with Crippen molar-refractivity contribution in [2.24, 2.45) is 0 Å². The second-order valence-electron chi connectivity index (χ2n) is 7.30. The zero-order valence-electron chi connectivity index (χ0n) is 17.7. The lowest BCUT2D eigenvalue weighted by Gasteiger charge is -2.30. The molecule has 0 spiro atoms. The summed E-state index contributed by atoms with van der Waals surface area (Å²) in [6, 6.07) is 1.54. The minimum absolute atomic E-state index is 0.131. The molecule has 29 heavy (non-hydrogen) atoms. The summed E-state index contributed by atoms with van der Waals surface area (Å²) in [7, 11) is -2.53. The molecule has 1 aromatic carbocycles. The molecule has 0 saturated carbocycles. The summed E-state index contributed by atoms with van der Waals surface area (Å²) in [5, 5.41) is 0.776. The Balaban J connectivity index is 2.58. The summed E-state index contributed by atoms with van der Waals surface area (Å²) in [4.78, 5) is 0. The van der Waals surface area contributed by atoms with E-state index >= 15 is 0 Å². The smallest absolute Gasteiger partial charge is 0.398 e. The van der Waals surface area contributed by atoms with Crippen molar-refractivity contribution in [1.29, 1.82) is 0 Å². The Morgan fingerprint density at radius 3 is 1.45 bits per heavy atom. The van der Waals surface area contributed by atoms with Gasteiger partial charge in [0.15, 0.2) is 0 Å². The molecule has 0 unspecified atom stereocenters. The van der Waals surface area contributed by atoms with Gasteiger partial charge in [-0.25, -0.2) is 0 Å². The summed E-state index contributed by atoms with van der Waals surface area (Å²) in [6.45, 7) is 7.05. The molecule has 1 aromatic rings. The van der Waals surface area contributed by atoms with E-state index in [1.54, 1.807) is 0 Å². The third kappa shape index (κ3) is 8.60. The van der Waals surface area contributed by atoms with Gasteiger partial charge in [-0.1, -0.05) is 130 Å². The summed E-state index contributed by atoms with van der Waals surface area (Å²) in [6.07, 6.45) is 11.5. The highest BCUT2D eigenvalue weighted by Gasteiger charge is 2.38. The van der Waals surface area contributed by atoms with Crippen LogP contribution in [0.4, 0.5) is 0 Å². The van der Waals surface area contributed by atoms with E-state index in [1.807, 2.05) is 0 Å². The molecule has 0 aliphatic rings. The van der Waals surface area contributed by atoms with Gasteiger partial charge in [0.2, 0.25) is 0 Å². The fourth-order valence-corrected chi connectivity index (χ4v) is 6.84. The van der Waals surface area contributed by atoms with Crippen LogP contribution in [-0.4, -0.2) is 15.2 Å². The largest absolute Gasteiger partial charge is 0.518 e. The Labute approximate surface area is 202 Å². The molecular formula is C21H33Cl5O2Si. The van der Waals surface area contributed by atoms with Gasteiger partial charge in [0, 0.05) is 6.61 Å². The third-order valence-electron chi connectivity index (χ3n) is 5.15. The molecule has 8 heteroatoms. The average molecular weight is 523 g/mol. The predicted molar refractivity (Wildman–Crippen MR) is 132 cm³/mol. The predicted octanol–water partition coefficient (Wildman–Crippen LogP) is 10.4. The van der Waals surface area contributed by atoms with Gasteiger partial charge in [-0.15, -0.1) is 0 Å². The van der Waals surface area contributed by atoms with Crippen molar-refractivity contribution in [1.82, 2.24) is 0 Å². The highest BCUT2D eigenvalue weighted by atomic mass is 35.5. The first-order valence-corrected chi connectivity index (χ1v) is 14.8. The molecule has 0 heterocycles. The van der Waals surface area contributed by atoms with Crippen molar-refractivity contribution in [3.05, 3.63) is 25.1 Å². The Hall–Kier alpha value is 0.647. The van der Waals surface area contributed by atoms with E-state index in [0.717, 1.165) is 18.5 Å². The fourth-order valence-electron chi connectivity index (χ4n) is 3.16. The lowest BCUT2D eigenvalue weighted by atomic mass is 10.1. The molecule has 0 bridgehead atoms. The average Bonchev–Trinajstić information content (AvgIpc) is 2.74. The SMILES string of the molecule is CCCCCCCCCCCO[Si](CC)(CC)Oc1c(Cl)c(Cl)c(Cl)c(Cl)c1Cl. The Bertz CT molecular complexity index is 595. The molecule has 0 aromatic heterocycles. The number of hydrogen-bond donors (Lipinski definition) is 0. The zero-order chi connectivity index (χ0) is 21.9. The summed E-state index contributed by atoms with van der Waals surface area (Å²) < 4.78 is 12.6. The molecule has 0 saturated heterocycles. The molecule has 168 valence electrons. The van der Waals surface area contributed by atoms with Crippen molar-refractivity contribution in [3.8, 4) is 5.75 Å². The lowest BCUT2D eigenvalue weighted by molar-refractivity contribution is 0.230. The minimum Gasteiger partial charge on any atom is -0.518 e. The van der Waals surface area contributed by atoms with Gasteiger partial charge >= 0.3 is 8.56 Å². The van der Waals surface area contributed by atoms with Crippen LogP contribution in [0, 0.1) is 0 Å². The van der Waals surface area contributed by atoms with Crippen molar-refractivity contribution in [2.45, 2.75) is 90.6 Å². The Morgan fingerprint density at radius 2 is 1.00 bits per heavy atom. The maximum atomic E-state index is 6.34. The van der Waals surface area contributed by atoms with Gasteiger partial charge < -0.3 is 8.85 Å². The van der Waals surface area contributed by atoms with Crippen LogP contribution in [-0.2, 0) is 4.43 Å². The molecule has 1 rings (SSSR count). The molecule has 0 fully saturated rings. The van der Waals surface area contributed by atoms with E-state index in [0.29, 0.717) is 6.61 Å². The summed E-state index contributed by atoms with van der Waals surface area (Å²) >= 11 is 31.1. The maximum Gasteiger partial charge on any atom is 0.398 e. The quantitative estimate of drug-likeness (QED) is 0.0987. The summed E-state index contributed by atoms with van der Waals surface area (Å²) in [5.41, 5.74) is 0. The minimum atomic E-state index is -2.53. The highest BCUT2D eigenvalue weighted by molar-refractivity contribution is 6.68. The van der Waals surface area contributed by atoms with Gasteiger partial charge in [0.25, 0.3) is 0 Å². The molecule has 0 N–H and O–H groups in total.